The fraction of sp³-hybridized carbons (Fsp3) is 0.0526. The van der Waals surface area contributed by atoms with Crippen molar-refractivity contribution in [2.75, 3.05) is 7.11 Å². The molecule has 0 aromatic heterocycles. The smallest absolute Gasteiger partial charge is 0.365 e. The number of amides is 1. The van der Waals surface area contributed by atoms with E-state index < -0.39 is 17.8 Å². The van der Waals surface area contributed by atoms with Crippen LogP contribution in [0.2, 0.25) is 0 Å². The lowest BCUT2D eigenvalue weighted by Crippen LogP contribution is -2.14. The van der Waals surface area contributed by atoms with Crippen LogP contribution in [0.25, 0.3) is 6.08 Å². The van der Waals surface area contributed by atoms with Gasteiger partial charge >= 0.3 is 11.9 Å². The number of oxime groups is 1. The van der Waals surface area contributed by atoms with Crippen molar-refractivity contribution in [2.45, 2.75) is 0 Å². The summed E-state index contributed by atoms with van der Waals surface area (Å²) in [4.78, 5) is 38.9. The van der Waals surface area contributed by atoms with E-state index in [2.05, 4.69) is 9.89 Å². The van der Waals surface area contributed by atoms with Crippen molar-refractivity contribution >= 4 is 30.1 Å². The summed E-state index contributed by atoms with van der Waals surface area (Å²) in [5.74, 6) is -1.80. The fourth-order valence-electron chi connectivity index (χ4n) is 1.95. The molecule has 2 N–H and O–H groups in total. The molecular weight excluding hydrogens is 352 g/mol. The number of esters is 1. The zero-order valence-corrected chi connectivity index (χ0v) is 14.3. The van der Waals surface area contributed by atoms with E-state index in [1.165, 1.54) is 55.2 Å². The molecule has 0 saturated carbocycles. The molecule has 8 nitrogen and oxygen atoms in total. The van der Waals surface area contributed by atoms with Crippen LogP contribution >= 0.6 is 0 Å². The van der Waals surface area contributed by atoms with Crippen molar-refractivity contribution < 1.29 is 29.2 Å². The summed E-state index contributed by atoms with van der Waals surface area (Å²) in [6.45, 7) is 0. The van der Waals surface area contributed by atoms with Gasteiger partial charge in [-0.1, -0.05) is 29.4 Å². The quantitative estimate of drug-likeness (QED) is 0.202. The molecule has 0 saturated heterocycles. The monoisotopic (exact) mass is 368 g/mol. The molecule has 2 aromatic carbocycles. The van der Waals surface area contributed by atoms with Gasteiger partial charge in [0.1, 0.15) is 0 Å². The highest BCUT2D eigenvalue weighted by molar-refractivity contribution is 5.93. The molecule has 0 aliphatic rings. The van der Waals surface area contributed by atoms with Gasteiger partial charge in [0.2, 0.25) is 0 Å². The minimum atomic E-state index is -0.669. The van der Waals surface area contributed by atoms with Crippen molar-refractivity contribution in [1.29, 1.82) is 0 Å². The highest BCUT2D eigenvalue weighted by atomic mass is 16.7. The first-order chi connectivity index (χ1) is 13.0. The summed E-state index contributed by atoms with van der Waals surface area (Å²) < 4.78 is 4.58. The molecule has 0 heterocycles. The molecule has 2 rings (SSSR count). The predicted octanol–water partition coefficient (Wildman–Crippen LogP) is 2.18. The number of methoxy groups -OCH3 is 1. The lowest BCUT2D eigenvalue weighted by atomic mass is 10.1. The van der Waals surface area contributed by atoms with E-state index in [-0.39, 0.29) is 5.56 Å². The van der Waals surface area contributed by atoms with Crippen LogP contribution in [-0.2, 0) is 14.4 Å². The summed E-state index contributed by atoms with van der Waals surface area (Å²) >= 11 is 0. The first kappa shape index (κ1) is 19.5. The molecule has 0 radical (unpaired) electrons. The third kappa shape index (κ3) is 5.91. The number of carbonyl (C=O) groups is 3. The molecule has 0 fully saturated rings. The molecule has 138 valence electrons. The number of ether oxygens (including phenoxy) is 1. The standard InChI is InChI=1S/C19H16N2O6/c1-26-18(23)15-7-9-16(10-8-15)19(24)27-20-12-14-4-2-13(3-5-14)6-11-17(22)21-25/h2-12,25H,1H3,(H,21,22)/b11-6+,20-12+. The van der Waals surface area contributed by atoms with Gasteiger partial charge in [0.05, 0.1) is 24.5 Å². The van der Waals surface area contributed by atoms with Gasteiger partial charge in [-0.3, -0.25) is 10.0 Å². The summed E-state index contributed by atoms with van der Waals surface area (Å²) in [7, 11) is 1.27. The van der Waals surface area contributed by atoms with E-state index in [4.69, 9.17) is 10.0 Å². The van der Waals surface area contributed by atoms with Crippen LogP contribution in [-0.4, -0.2) is 36.4 Å². The Balaban J connectivity index is 1.92. The molecule has 0 atom stereocenters. The number of benzene rings is 2. The molecule has 2 aromatic rings. The van der Waals surface area contributed by atoms with Crippen molar-refractivity contribution in [3.63, 3.8) is 0 Å². The third-order valence-corrected chi connectivity index (χ3v) is 3.35. The maximum Gasteiger partial charge on any atom is 0.365 e. The van der Waals surface area contributed by atoms with E-state index in [9.17, 15) is 14.4 Å². The SMILES string of the molecule is COC(=O)c1ccc(C(=O)O/N=C/c2ccc(/C=C/C(=O)NO)cc2)cc1. The second kappa shape index (κ2) is 9.64. The third-order valence-electron chi connectivity index (χ3n) is 3.35. The van der Waals surface area contributed by atoms with Gasteiger partial charge in [0.15, 0.2) is 0 Å². The fourth-order valence-corrected chi connectivity index (χ4v) is 1.95. The molecule has 0 spiro atoms. The van der Waals surface area contributed by atoms with Crippen LogP contribution in [0, 0.1) is 0 Å². The van der Waals surface area contributed by atoms with Crippen LogP contribution in [0.15, 0.2) is 59.8 Å². The Bertz CT molecular complexity index is 870. The number of carbonyl (C=O) groups excluding carboxylic acids is 3. The zero-order chi connectivity index (χ0) is 19.6. The summed E-state index contributed by atoms with van der Waals surface area (Å²) in [6.07, 6.45) is 4.05. The summed E-state index contributed by atoms with van der Waals surface area (Å²) in [5.41, 5.74) is 3.46. The van der Waals surface area contributed by atoms with Gasteiger partial charge in [-0.25, -0.2) is 15.1 Å². The minimum Gasteiger partial charge on any atom is -0.465 e. The van der Waals surface area contributed by atoms with E-state index in [1.807, 2.05) is 0 Å². The van der Waals surface area contributed by atoms with Gasteiger partial charge < -0.3 is 9.57 Å². The van der Waals surface area contributed by atoms with Gasteiger partial charge in [-0.2, -0.15) is 0 Å². The Hall–Kier alpha value is -3.78. The van der Waals surface area contributed by atoms with Crippen molar-refractivity contribution in [2.24, 2.45) is 5.16 Å². The largest absolute Gasteiger partial charge is 0.465 e. The molecule has 27 heavy (non-hydrogen) atoms. The maximum absolute atomic E-state index is 11.9. The highest BCUT2D eigenvalue weighted by Crippen LogP contribution is 2.08. The summed E-state index contributed by atoms with van der Waals surface area (Å²) in [5, 5.41) is 12.0. The van der Waals surface area contributed by atoms with Gasteiger partial charge in [0.25, 0.3) is 5.91 Å². The van der Waals surface area contributed by atoms with E-state index in [0.29, 0.717) is 11.1 Å². The van der Waals surface area contributed by atoms with Crippen molar-refractivity contribution in [3.8, 4) is 0 Å². The number of hydrogen-bond acceptors (Lipinski definition) is 7. The Morgan fingerprint density at radius 1 is 0.926 bits per heavy atom. The molecular formula is C19H16N2O6. The lowest BCUT2D eigenvalue weighted by Gasteiger charge is -2.01. The van der Waals surface area contributed by atoms with Crippen LogP contribution < -0.4 is 5.48 Å². The molecule has 0 aliphatic carbocycles. The normalized spacial score (nSPS) is 10.7. The van der Waals surface area contributed by atoms with E-state index in [0.717, 1.165) is 5.56 Å². The summed E-state index contributed by atoms with van der Waals surface area (Å²) in [6, 6.07) is 12.6. The topological polar surface area (TPSA) is 114 Å². The van der Waals surface area contributed by atoms with E-state index >= 15 is 0 Å². The number of nitrogens with zero attached hydrogens (tertiary/aromatic N) is 1. The number of hydrogen-bond donors (Lipinski definition) is 2. The van der Waals surface area contributed by atoms with Gasteiger partial charge in [-0.05, 0) is 41.5 Å². The Morgan fingerprint density at radius 3 is 2.04 bits per heavy atom. The van der Waals surface area contributed by atoms with Crippen molar-refractivity contribution in [3.05, 3.63) is 76.9 Å². The first-order valence-electron chi connectivity index (χ1n) is 7.69. The molecule has 0 aliphatic heterocycles. The minimum absolute atomic E-state index is 0.238. The first-order valence-corrected chi connectivity index (χ1v) is 7.69. The number of rotatable bonds is 6. The van der Waals surface area contributed by atoms with Gasteiger partial charge in [-0.15, -0.1) is 0 Å². The second-order valence-corrected chi connectivity index (χ2v) is 5.16. The van der Waals surface area contributed by atoms with Crippen LogP contribution in [0.4, 0.5) is 0 Å². The average molecular weight is 368 g/mol. The van der Waals surface area contributed by atoms with E-state index in [1.54, 1.807) is 24.3 Å². The second-order valence-electron chi connectivity index (χ2n) is 5.16. The lowest BCUT2D eigenvalue weighted by molar-refractivity contribution is -0.124. The Labute approximate surface area is 154 Å². The number of hydroxylamine groups is 1. The average Bonchev–Trinajstić information content (AvgIpc) is 2.72. The van der Waals surface area contributed by atoms with Crippen LogP contribution in [0.3, 0.4) is 0 Å². The zero-order valence-electron chi connectivity index (χ0n) is 14.3. The molecule has 1 amide bonds. The predicted molar refractivity (Wildman–Crippen MR) is 96.2 cm³/mol. The van der Waals surface area contributed by atoms with Crippen LogP contribution in [0.1, 0.15) is 31.8 Å². The highest BCUT2D eigenvalue weighted by Gasteiger charge is 2.09. The Morgan fingerprint density at radius 2 is 1.48 bits per heavy atom. The van der Waals surface area contributed by atoms with Crippen LogP contribution in [0.5, 0.6) is 0 Å². The Kier molecular flexibility index (Phi) is 6.98. The van der Waals surface area contributed by atoms with Crippen molar-refractivity contribution in [1.82, 2.24) is 5.48 Å². The van der Waals surface area contributed by atoms with Gasteiger partial charge in [0, 0.05) is 6.08 Å². The maximum atomic E-state index is 11.9. The number of nitrogens with one attached hydrogen (secondary N) is 1. The molecule has 8 heteroatoms. The molecule has 0 unspecified atom stereocenters. The molecule has 0 bridgehead atoms.